The first kappa shape index (κ1) is 18.1. The Bertz CT molecular complexity index is 812. The van der Waals surface area contributed by atoms with Crippen LogP contribution in [-0.2, 0) is 14.6 Å². The highest BCUT2D eigenvalue weighted by Gasteiger charge is 2.27. The van der Waals surface area contributed by atoms with Gasteiger partial charge >= 0.3 is 0 Å². The molecule has 2 aromatic rings. The number of amides is 1. The van der Waals surface area contributed by atoms with E-state index in [-0.39, 0.29) is 0 Å². The summed E-state index contributed by atoms with van der Waals surface area (Å²) in [6, 6.07) is 9.21. The number of hydrogen-bond donors (Lipinski definition) is 1. The third-order valence-corrected chi connectivity index (χ3v) is 5.39. The molecule has 0 saturated heterocycles. The average molecular weight is 346 g/mol. The molecule has 0 aliphatic carbocycles. The lowest BCUT2D eigenvalue weighted by Gasteiger charge is -2.22. The molecule has 2 atom stereocenters. The van der Waals surface area contributed by atoms with Crippen LogP contribution in [-0.4, -0.2) is 30.8 Å². The Kier molecular flexibility index (Phi) is 5.39. The number of nitrogens with one attached hydrogen (secondary N) is 1. The standard InChI is InChI=1S/C18H22N2O3S/c1-12-8-13(2)10-16(9-12)17(15-6-5-7-19-11-15)20-18(21)14(3)24(4,22)23/h5-11,14,17H,1-4H3,(H,20,21)/t14-,17+/m1/s1. The number of carbonyl (C=O) groups is 1. The number of sulfone groups is 1. The highest BCUT2D eigenvalue weighted by Crippen LogP contribution is 2.24. The van der Waals surface area contributed by atoms with Crippen molar-refractivity contribution in [2.45, 2.75) is 32.1 Å². The summed E-state index contributed by atoms with van der Waals surface area (Å²) in [6.07, 6.45) is 4.39. The summed E-state index contributed by atoms with van der Waals surface area (Å²) in [7, 11) is -3.46. The van der Waals surface area contributed by atoms with Crippen LogP contribution in [0.3, 0.4) is 0 Å². The third-order valence-electron chi connectivity index (χ3n) is 3.89. The summed E-state index contributed by atoms with van der Waals surface area (Å²) >= 11 is 0. The van der Waals surface area contributed by atoms with Crippen LogP contribution >= 0.6 is 0 Å². The Morgan fingerprint density at radius 2 is 1.75 bits per heavy atom. The highest BCUT2D eigenvalue weighted by atomic mass is 32.2. The van der Waals surface area contributed by atoms with E-state index in [2.05, 4.69) is 10.3 Å². The van der Waals surface area contributed by atoms with E-state index in [0.29, 0.717) is 0 Å². The second-order valence-corrected chi connectivity index (χ2v) is 8.49. The van der Waals surface area contributed by atoms with Crippen molar-refractivity contribution in [1.82, 2.24) is 10.3 Å². The monoisotopic (exact) mass is 346 g/mol. The van der Waals surface area contributed by atoms with Crippen molar-refractivity contribution < 1.29 is 13.2 Å². The summed E-state index contributed by atoms with van der Waals surface area (Å²) in [5, 5.41) is 1.74. The van der Waals surface area contributed by atoms with Crippen LogP contribution in [0.2, 0.25) is 0 Å². The van der Waals surface area contributed by atoms with Gasteiger partial charge in [0.25, 0.3) is 0 Å². The molecule has 1 N–H and O–H groups in total. The van der Waals surface area contributed by atoms with Crippen molar-refractivity contribution in [2.75, 3.05) is 6.26 Å². The summed E-state index contributed by atoms with van der Waals surface area (Å²) in [5.74, 6) is -0.523. The van der Waals surface area contributed by atoms with Crippen LogP contribution < -0.4 is 5.32 Å². The van der Waals surface area contributed by atoms with Gasteiger partial charge < -0.3 is 5.32 Å². The van der Waals surface area contributed by atoms with Gasteiger partial charge in [-0.25, -0.2) is 8.42 Å². The molecule has 6 heteroatoms. The van der Waals surface area contributed by atoms with Gasteiger partial charge in [0.05, 0.1) is 6.04 Å². The van der Waals surface area contributed by atoms with Crippen molar-refractivity contribution in [3.8, 4) is 0 Å². The Hall–Kier alpha value is -2.21. The third kappa shape index (κ3) is 4.41. The van der Waals surface area contributed by atoms with Crippen LogP contribution in [0.1, 0.15) is 35.2 Å². The van der Waals surface area contributed by atoms with Crippen molar-refractivity contribution in [3.05, 3.63) is 65.0 Å². The zero-order valence-corrected chi connectivity index (χ0v) is 15.1. The Balaban J connectivity index is 2.43. The first-order valence-electron chi connectivity index (χ1n) is 7.66. The van der Waals surface area contributed by atoms with Gasteiger partial charge in [0.2, 0.25) is 5.91 Å². The molecule has 1 heterocycles. The number of pyridine rings is 1. The summed E-state index contributed by atoms with van der Waals surface area (Å²) in [4.78, 5) is 16.5. The van der Waals surface area contributed by atoms with Crippen LogP contribution in [0.4, 0.5) is 0 Å². The van der Waals surface area contributed by atoms with E-state index in [1.54, 1.807) is 18.5 Å². The lowest BCUT2D eigenvalue weighted by molar-refractivity contribution is -0.120. The molecule has 0 unspecified atom stereocenters. The Morgan fingerprint density at radius 1 is 1.12 bits per heavy atom. The molecule has 0 aliphatic heterocycles. The number of rotatable bonds is 5. The molecular weight excluding hydrogens is 324 g/mol. The largest absolute Gasteiger partial charge is 0.344 e. The van der Waals surface area contributed by atoms with Gasteiger partial charge in [-0.05, 0) is 38.0 Å². The minimum absolute atomic E-state index is 0.450. The van der Waals surface area contributed by atoms with Crippen LogP contribution in [0.15, 0.2) is 42.7 Å². The molecule has 2 rings (SSSR count). The van der Waals surface area contributed by atoms with Crippen molar-refractivity contribution >= 4 is 15.7 Å². The number of carbonyl (C=O) groups excluding carboxylic acids is 1. The summed E-state index contributed by atoms with van der Waals surface area (Å²) in [6.45, 7) is 5.36. The maximum atomic E-state index is 12.4. The number of benzene rings is 1. The molecule has 5 nitrogen and oxygen atoms in total. The van der Waals surface area contributed by atoms with Crippen LogP contribution in [0, 0.1) is 13.8 Å². The van der Waals surface area contributed by atoms with Gasteiger partial charge in [0.1, 0.15) is 5.25 Å². The highest BCUT2D eigenvalue weighted by molar-refractivity contribution is 7.92. The molecule has 1 amide bonds. The van der Waals surface area contributed by atoms with Crippen molar-refractivity contribution in [1.29, 1.82) is 0 Å². The van der Waals surface area contributed by atoms with E-state index in [9.17, 15) is 13.2 Å². The molecule has 1 aromatic heterocycles. The van der Waals surface area contributed by atoms with E-state index in [0.717, 1.165) is 28.5 Å². The molecule has 0 spiro atoms. The number of hydrogen-bond acceptors (Lipinski definition) is 4. The average Bonchev–Trinajstić information content (AvgIpc) is 2.50. The maximum Gasteiger partial charge on any atom is 0.238 e. The molecule has 0 radical (unpaired) electrons. The molecular formula is C18H22N2O3S. The second-order valence-electron chi connectivity index (χ2n) is 6.12. The van der Waals surface area contributed by atoms with Gasteiger partial charge in [0.15, 0.2) is 9.84 Å². The van der Waals surface area contributed by atoms with Crippen molar-refractivity contribution in [3.63, 3.8) is 0 Å². The van der Waals surface area contributed by atoms with Gasteiger partial charge in [-0.2, -0.15) is 0 Å². The fraction of sp³-hybridized carbons (Fsp3) is 0.333. The number of nitrogens with zero attached hydrogens (tertiary/aromatic N) is 1. The quantitative estimate of drug-likeness (QED) is 0.901. The number of aryl methyl sites for hydroxylation is 2. The second kappa shape index (κ2) is 7.13. The van der Waals surface area contributed by atoms with Gasteiger partial charge in [-0.3, -0.25) is 9.78 Å². The fourth-order valence-corrected chi connectivity index (χ4v) is 2.99. The lowest BCUT2D eigenvalue weighted by Crippen LogP contribution is -2.39. The first-order chi connectivity index (χ1) is 11.2. The topological polar surface area (TPSA) is 76.1 Å². The smallest absolute Gasteiger partial charge is 0.238 e. The zero-order chi connectivity index (χ0) is 17.9. The van der Waals surface area contributed by atoms with E-state index < -0.39 is 27.0 Å². The molecule has 0 bridgehead atoms. The minimum atomic E-state index is -3.46. The van der Waals surface area contributed by atoms with E-state index >= 15 is 0 Å². The summed E-state index contributed by atoms with van der Waals surface area (Å²) < 4.78 is 23.3. The fourth-order valence-electron chi connectivity index (χ4n) is 2.54. The molecule has 0 fully saturated rings. The SMILES string of the molecule is Cc1cc(C)cc([C@@H](NC(=O)[C@@H](C)S(C)(=O)=O)c2cccnc2)c1. The molecule has 1 aromatic carbocycles. The first-order valence-corrected chi connectivity index (χ1v) is 9.61. The maximum absolute atomic E-state index is 12.4. The number of aromatic nitrogens is 1. The lowest BCUT2D eigenvalue weighted by atomic mass is 9.96. The van der Waals surface area contributed by atoms with E-state index in [1.807, 2.05) is 38.1 Å². The molecule has 0 saturated carbocycles. The Morgan fingerprint density at radius 3 is 2.25 bits per heavy atom. The minimum Gasteiger partial charge on any atom is -0.344 e. The van der Waals surface area contributed by atoms with Crippen LogP contribution in [0.25, 0.3) is 0 Å². The predicted molar refractivity (Wildman–Crippen MR) is 94.4 cm³/mol. The Labute approximate surface area is 143 Å². The predicted octanol–water partition coefficient (Wildman–Crippen LogP) is 2.34. The van der Waals surface area contributed by atoms with E-state index in [1.165, 1.54) is 6.92 Å². The molecule has 24 heavy (non-hydrogen) atoms. The normalized spacial score (nSPS) is 14.0. The summed E-state index contributed by atoms with van der Waals surface area (Å²) in [5.41, 5.74) is 3.85. The molecule has 128 valence electrons. The van der Waals surface area contributed by atoms with Gasteiger partial charge in [0, 0.05) is 18.6 Å². The van der Waals surface area contributed by atoms with E-state index in [4.69, 9.17) is 0 Å². The molecule has 0 aliphatic rings. The van der Waals surface area contributed by atoms with Gasteiger partial charge in [-0.1, -0.05) is 35.4 Å². The van der Waals surface area contributed by atoms with Crippen molar-refractivity contribution in [2.24, 2.45) is 0 Å². The van der Waals surface area contributed by atoms with Gasteiger partial charge in [-0.15, -0.1) is 0 Å². The van der Waals surface area contributed by atoms with Crippen LogP contribution in [0.5, 0.6) is 0 Å². The zero-order valence-electron chi connectivity index (χ0n) is 14.3.